The maximum Gasteiger partial charge on any atom is -0.0287 e. The molecule has 0 heteroatoms. The van der Waals surface area contributed by atoms with Crippen molar-refractivity contribution in [1.29, 1.82) is 0 Å². The van der Waals surface area contributed by atoms with Crippen molar-refractivity contribution in [2.45, 2.75) is 26.2 Å². The molecule has 2 radical (unpaired) electrons. The molecular weight excluding hydrogens is 72.1 g/mol. The minimum Gasteiger partial charge on any atom is -0.0594 e. The van der Waals surface area contributed by atoms with Gasteiger partial charge in [-0.1, -0.05) is 13.3 Å². The normalized spacial score (nSPS) is 29.0. The summed E-state index contributed by atoms with van der Waals surface area (Å²) in [5.41, 5.74) is 0.222. The van der Waals surface area contributed by atoms with Gasteiger partial charge in [0, 0.05) is 0 Å². The van der Waals surface area contributed by atoms with E-state index in [2.05, 4.69) is 6.92 Å². The highest BCUT2D eigenvalue weighted by atomic mass is 14.3. The van der Waals surface area contributed by atoms with E-state index >= 15 is 0 Å². The second-order valence-corrected chi connectivity index (χ2v) is 2.51. The first-order valence-electron chi connectivity index (χ1n) is 2.50. The summed E-state index contributed by atoms with van der Waals surface area (Å²) in [6, 6.07) is 0. The number of hydrogen-bond acceptors (Lipinski definition) is 0. The quantitative estimate of drug-likeness (QED) is 0.418. The lowest BCUT2D eigenvalue weighted by molar-refractivity contribution is 0.230. The molecule has 0 atom stereocenters. The van der Waals surface area contributed by atoms with E-state index in [1.54, 1.807) is 0 Å². The first-order valence-corrected chi connectivity index (χ1v) is 2.50. The topological polar surface area (TPSA) is 0 Å². The molecule has 0 amide bonds. The summed E-state index contributed by atoms with van der Waals surface area (Å²) in [5.74, 6) is 0. The van der Waals surface area contributed by atoms with E-state index in [1.807, 2.05) is 0 Å². The predicted octanol–water partition coefficient (Wildman–Crippen LogP) is 1.89. The van der Waals surface area contributed by atoms with Crippen LogP contribution in [0, 0.1) is 12.3 Å². The van der Waals surface area contributed by atoms with E-state index in [9.17, 15) is 0 Å². The van der Waals surface area contributed by atoms with E-state index in [4.69, 9.17) is 6.92 Å². The molecule has 34 valence electrons. The molecule has 0 heterocycles. The minimum atomic E-state index is 0.222. The van der Waals surface area contributed by atoms with Crippen LogP contribution < -0.4 is 0 Å². The molecule has 0 aromatic heterocycles. The maximum atomic E-state index is 5.62. The molecule has 0 aromatic carbocycles. The zero-order valence-corrected chi connectivity index (χ0v) is 4.20. The SMILES string of the molecule is [CH]C1(C)CCC1. The summed E-state index contributed by atoms with van der Waals surface area (Å²) in [5, 5.41) is 0. The second kappa shape index (κ2) is 0.988. The molecule has 0 aliphatic heterocycles. The summed E-state index contributed by atoms with van der Waals surface area (Å²) in [6.45, 7) is 7.73. The van der Waals surface area contributed by atoms with Crippen LogP contribution in [0.15, 0.2) is 0 Å². The van der Waals surface area contributed by atoms with E-state index in [0.29, 0.717) is 0 Å². The van der Waals surface area contributed by atoms with Crippen molar-refractivity contribution in [3.8, 4) is 0 Å². The molecular formula is C6H10. The average Bonchev–Trinajstić information content (AvgIpc) is 1.32. The molecule has 1 aliphatic carbocycles. The van der Waals surface area contributed by atoms with Gasteiger partial charge in [0.25, 0.3) is 0 Å². The Kier molecular flexibility index (Phi) is 0.686. The van der Waals surface area contributed by atoms with Crippen LogP contribution in [0.4, 0.5) is 0 Å². The largest absolute Gasteiger partial charge is 0.0594 e. The number of rotatable bonds is 0. The molecule has 0 nitrogen and oxygen atoms in total. The van der Waals surface area contributed by atoms with Crippen LogP contribution in [0.5, 0.6) is 0 Å². The molecule has 0 unspecified atom stereocenters. The second-order valence-electron chi connectivity index (χ2n) is 2.51. The zero-order chi connectivity index (χ0) is 4.62. The smallest absolute Gasteiger partial charge is 0.0287 e. The zero-order valence-electron chi connectivity index (χ0n) is 4.20. The van der Waals surface area contributed by atoms with Crippen molar-refractivity contribution in [2.24, 2.45) is 5.41 Å². The molecule has 1 rings (SSSR count). The van der Waals surface area contributed by atoms with E-state index in [-0.39, 0.29) is 5.41 Å². The fourth-order valence-corrected chi connectivity index (χ4v) is 0.734. The minimum absolute atomic E-state index is 0.222. The molecule has 1 saturated carbocycles. The van der Waals surface area contributed by atoms with Gasteiger partial charge in [0.05, 0.1) is 0 Å². The van der Waals surface area contributed by atoms with Crippen LogP contribution in [-0.2, 0) is 0 Å². The first-order chi connectivity index (χ1) is 2.71. The Hall–Kier alpha value is 0. The molecule has 0 N–H and O–H groups in total. The summed E-state index contributed by atoms with van der Waals surface area (Å²) in [7, 11) is 0. The highest BCUT2D eigenvalue weighted by Gasteiger charge is 2.25. The Morgan fingerprint density at radius 2 is 1.83 bits per heavy atom. The van der Waals surface area contributed by atoms with Crippen LogP contribution in [0.2, 0.25) is 0 Å². The molecule has 1 fully saturated rings. The van der Waals surface area contributed by atoms with Gasteiger partial charge in [-0.2, -0.15) is 0 Å². The Morgan fingerprint density at radius 1 is 1.50 bits per heavy atom. The van der Waals surface area contributed by atoms with Gasteiger partial charge in [-0.05, 0) is 25.2 Å². The highest BCUT2D eigenvalue weighted by Crippen LogP contribution is 2.38. The highest BCUT2D eigenvalue weighted by molar-refractivity contribution is 4.84. The average molecular weight is 82.1 g/mol. The van der Waals surface area contributed by atoms with Gasteiger partial charge in [0.1, 0.15) is 0 Å². The molecule has 6 heavy (non-hydrogen) atoms. The Morgan fingerprint density at radius 3 is 1.83 bits per heavy atom. The summed E-state index contributed by atoms with van der Waals surface area (Å²) in [4.78, 5) is 0. The van der Waals surface area contributed by atoms with E-state index in [1.165, 1.54) is 19.3 Å². The Bertz CT molecular complexity index is 47.1. The van der Waals surface area contributed by atoms with Crippen molar-refractivity contribution < 1.29 is 0 Å². The van der Waals surface area contributed by atoms with Gasteiger partial charge in [-0.3, -0.25) is 0 Å². The van der Waals surface area contributed by atoms with E-state index < -0.39 is 0 Å². The molecule has 0 aromatic rings. The van der Waals surface area contributed by atoms with Crippen LogP contribution >= 0.6 is 0 Å². The van der Waals surface area contributed by atoms with Crippen LogP contribution in [0.1, 0.15) is 26.2 Å². The lowest BCUT2D eigenvalue weighted by Gasteiger charge is -2.33. The van der Waals surface area contributed by atoms with Gasteiger partial charge in [0.2, 0.25) is 0 Å². The van der Waals surface area contributed by atoms with Crippen molar-refractivity contribution in [3.05, 3.63) is 6.92 Å². The monoisotopic (exact) mass is 82.1 g/mol. The van der Waals surface area contributed by atoms with Gasteiger partial charge in [0.15, 0.2) is 0 Å². The lowest BCUT2D eigenvalue weighted by atomic mass is 9.72. The van der Waals surface area contributed by atoms with Gasteiger partial charge in [-0.25, -0.2) is 0 Å². The van der Waals surface area contributed by atoms with E-state index in [0.717, 1.165) is 0 Å². The van der Waals surface area contributed by atoms with Crippen molar-refractivity contribution in [3.63, 3.8) is 0 Å². The van der Waals surface area contributed by atoms with Gasteiger partial charge < -0.3 is 0 Å². The summed E-state index contributed by atoms with van der Waals surface area (Å²) < 4.78 is 0. The van der Waals surface area contributed by atoms with Gasteiger partial charge in [-0.15, -0.1) is 0 Å². The fourth-order valence-electron chi connectivity index (χ4n) is 0.734. The summed E-state index contributed by atoms with van der Waals surface area (Å²) >= 11 is 0. The van der Waals surface area contributed by atoms with Crippen LogP contribution in [0.25, 0.3) is 0 Å². The first kappa shape index (κ1) is 4.17. The summed E-state index contributed by atoms with van der Waals surface area (Å²) in [6.07, 6.45) is 3.80. The van der Waals surface area contributed by atoms with Gasteiger partial charge >= 0.3 is 0 Å². The third-order valence-corrected chi connectivity index (χ3v) is 1.50. The third-order valence-electron chi connectivity index (χ3n) is 1.50. The van der Waals surface area contributed by atoms with Crippen molar-refractivity contribution >= 4 is 0 Å². The van der Waals surface area contributed by atoms with Crippen LogP contribution in [0.3, 0.4) is 0 Å². The third kappa shape index (κ3) is 0.562. The predicted molar refractivity (Wildman–Crippen MR) is 26.3 cm³/mol. The number of hydrogen-bond donors (Lipinski definition) is 0. The Labute approximate surface area is 39.6 Å². The Balaban J connectivity index is 2.31. The maximum absolute atomic E-state index is 5.62. The fraction of sp³-hybridized carbons (Fsp3) is 0.833. The van der Waals surface area contributed by atoms with Crippen LogP contribution in [-0.4, -0.2) is 0 Å². The molecule has 0 bridgehead atoms. The standard InChI is InChI=1S/C6H10/c1-6(2)4-3-5-6/h1H,3-5H2,2H3. The molecule has 0 saturated heterocycles. The lowest BCUT2D eigenvalue weighted by Crippen LogP contribution is -2.20. The molecule has 0 spiro atoms. The van der Waals surface area contributed by atoms with Crippen molar-refractivity contribution in [2.75, 3.05) is 0 Å². The van der Waals surface area contributed by atoms with Crippen molar-refractivity contribution in [1.82, 2.24) is 0 Å². The molecule has 1 aliphatic rings.